The first-order valence-corrected chi connectivity index (χ1v) is 10.2. The number of hydrogen-bond donors (Lipinski definition) is 3. The van der Waals surface area contributed by atoms with Gasteiger partial charge in [0.2, 0.25) is 5.91 Å². The number of fused-ring (bicyclic) bond motifs is 1. The van der Waals surface area contributed by atoms with Gasteiger partial charge >= 0.3 is 5.76 Å². The van der Waals surface area contributed by atoms with E-state index in [0.717, 1.165) is 27.8 Å². The monoisotopic (exact) mass is 429 g/mol. The van der Waals surface area contributed by atoms with E-state index in [-0.39, 0.29) is 5.91 Å². The third kappa shape index (κ3) is 4.48. The lowest BCUT2D eigenvalue weighted by Gasteiger charge is -2.16. The molecule has 2 aromatic carbocycles. The smallest absolute Gasteiger partial charge is 0.408 e. The van der Waals surface area contributed by atoms with Gasteiger partial charge in [-0.05, 0) is 46.9 Å². The normalized spacial score (nSPS) is 12.9. The third-order valence-electron chi connectivity index (χ3n) is 5.45. The lowest BCUT2D eigenvalue weighted by molar-refractivity contribution is -0.122. The number of aromatic nitrogens is 2. The predicted octanol–water partition coefficient (Wildman–Crippen LogP) is 2.25. The summed E-state index contributed by atoms with van der Waals surface area (Å²) >= 11 is 0. The predicted molar refractivity (Wildman–Crippen MR) is 121 cm³/mol. The van der Waals surface area contributed by atoms with Gasteiger partial charge in [0.15, 0.2) is 5.58 Å². The van der Waals surface area contributed by atoms with E-state index in [4.69, 9.17) is 10.2 Å². The molecule has 0 aliphatic heterocycles. The van der Waals surface area contributed by atoms with Gasteiger partial charge in [0, 0.05) is 25.9 Å². The van der Waals surface area contributed by atoms with Gasteiger partial charge in [-0.25, -0.2) is 4.79 Å². The number of nitriles is 1. The molecule has 2 atom stereocenters. The first kappa shape index (κ1) is 21.2. The zero-order valence-corrected chi connectivity index (χ0v) is 17.5. The van der Waals surface area contributed by atoms with Crippen LogP contribution in [0.15, 0.2) is 70.1 Å². The Balaban J connectivity index is 1.42. The van der Waals surface area contributed by atoms with E-state index in [0.29, 0.717) is 18.4 Å². The molecule has 0 aliphatic carbocycles. The number of aryl methyl sites for hydroxylation is 1. The molecule has 0 aliphatic rings. The molecule has 4 aromatic rings. The molecule has 162 valence electrons. The van der Waals surface area contributed by atoms with E-state index >= 15 is 0 Å². The van der Waals surface area contributed by atoms with Crippen molar-refractivity contribution < 1.29 is 9.21 Å². The lowest BCUT2D eigenvalue weighted by atomic mass is 10.0. The molecule has 8 nitrogen and oxygen atoms in total. The van der Waals surface area contributed by atoms with Crippen LogP contribution < -0.4 is 16.8 Å². The van der Waals surface area contributed by atoms with Crippen LogP contribution in [0, 0.1) is 11.3 Å². The van der Waals surface area contributed by atoms with Crippen LogP contribution in [0.1, 0.15) is 11.1 Å². The van der Waals surface area contributed by atoms with Crippen molar-refractivity contribution in [2.45, 2.75) is 24.9 Å². The van der Waals surface area contributed by atoms with Crippen molar-refractivity contribution in [3.8, 4) is 17.2 Å². The SMILES string of the molecule is Cn1c(=O)oc2ccc(-c3ccc(C[C@@H](C#N)NC(=O)C(N)Cc4cc[nH]c4)cc3)cc21. The summed E-state index contributed by atoms with van der Waals surface area (Å²) in [7, 11) is 1.67. The summed E-state index contributed by atoms with van der Waals surface area (Å²) in [6, 6.07) is 15.9. The number of carbonyl (C=O) groups is 1. The summed E-state index contributed by atoms with van der Waals surface area (Å²) in [5.41, 5.74) is 11.0. The van der Waals surface area contributed by atoms with Crippen LogP contribution in [0.2, 0.25) is 0 Å². The average Bonchev–Trinajstić information content (AvgIpc) is 3.41. The van der Waals surface area contributed by atoms with Gasteiger partial charge in [-0.2, -0.15) is 5.26 Å². The Bertz CT molecular complexity index is 1330. The first-order chi connectivity index (χ1) is 15.4. The van der Waals surface area contributed by atoms with Gasteiger partial charge < -0.3 is 20.5 Å². The maximum atomic E-state index is 12.4. The van der Waals surface area contributed by atoms with Crippen LogP contribution in [0.3, 0.4) is 0 Å². The molecule has 0 radical (unpaired) electrons. The highest BCUT2D eigenvalue weighted by molar-refractivity contribution is 5.82. The Labute approximate surface area is 184 Å². The number of aromatic amines is 1. The number of hydrogen-bond acceptors (Lipinski definition) is 5. The molecule has 2 heterocycles. The van der Waals surface area contributed by atoms with E-state index in [1.165, 1.54) is 4.57 Å². The highest BCUT2D eigenvalue weighted by Gasteiger charge is 2.19. The Kier molecular flexibility index (Phi) is 5.92. The summed E-state index contributed by atoms with van der Waals surface area (Å²) in [5.74, 6) is -0.752. The number of rotatable bonds is 7. The number of nitrogens with two attached hydrogens (primary N) is 1. The van der Waals surface area contributed by atoms with Gasteiger partial charge in [-0.1, -0.05) is 30.3 Å². The molecule has 0 fully saturated rings. The fourth-order valence-electron chi connectivity index (χ4n) is 3.61. The molecular formula is C24H23N5O3. The van der Waals surface area contributed by atoms with Gasteiger partial charge in [0.25, 0.3) is 0 Å². The number of carbonyl (C=O) groups excluding carboxylic acids is 1. The van der Waals surface area contributed by atoms with Crippen LogP contribution in [0.4, 0.5) is 0 Å². The Morgan fingerprint density at radius 3 is 2.59 bits per heavy atom. The molecule has 0 bridgehead atoms. The summed E-state index contributed by atoms with van der Waals surface area (Å²) in [5, 5.41) is 12.2. The zero-order chi connectivity index (χ0) is 22.7. The molecule has 8 heteroatoms. The summed E-state index contributed by atoms with van der Waals surface area (Å²) < 4.78 is 6.64. The molecular weight excluding hydrogens is 406 g/mol. The minimum atomic E-state index is -0.724. The quantitative estimate of drug-likeness (QED) is 0.415. The fourth-order valence-corrected chi connectivity index (χ4v) is 3.61. The molecule has 4 rings (SSSR count). The molecule has 1 unspecified atom stereocenters. The van der Waals surface area contributed by atoms with Crippen molar-refractivity contribution in [1.29, 1.82) is 5.26 Å². The number of nitrogens with zero attached hydrogens (tertiary/aromatic N) is 2. The van der Waals surface area contributed by atoms with E-state index in [9.17, 15) is 14.9 Å². The topological polar surface area (TPSA) is 130 Å². The van der Waals surface area contributed by atoms with Crippen molar-refractivity contribution in [3.05, 3.63) is 82.6 Å². The zero-order valence-electron chi connectivity index (χ0n) is 17.5. The highest BCUT2D eigenvalue weighted by atomic mass is 16.4. The number of benzene rings is 2. The lowest BCUT2D eigenvalue weighted by Crippen LogP contribution is -2.46. The second kappa shape index (κ2) is 8.96. The standard InChI is InChI=1S/C24H23N5O3/c1-29-21-12-18(6-7-22(21)32-24(29)31)17-4-2-15(3-5-17)10-19(13-25)28-23(30)20(26)11-16-8-9-27-14-16/h2-9,12,14,19-20,27H,10-11,26H2,1H3,(H,28,30)/t19-,20?/m0/s1. The second-order valence-electron chi connectivity index (χ2n) is 7.73. The molecule has 4 N–H and O–H groups in total. The van der Waals surface area contributed by atoms with Crippen molar-refractivity contribution in [2.24, 2.45) is 12.8 Å². The van der Waals surface area contributed by atoms with Gasteiger partial charge in [-0.3, -0.25) is 9.36 Å². The second-order valence-corrected chi connectivity index (χ2v) is 7.73. The maximum Gasteiger partial charge on any atom is 0.419 e. The molecule has 0 saturated carbocycles. The van der Waals surface area contributed by atoms with Gasteiger partial charge in [0.05, 0.1) is 17.6 Å². The van der Waals surface area contributed by atoms with E-state index in [1.807, 2.05) is 42.5 Å². The molecule has 32 heavy (non-hydrogen) atoms. The molecule has 1 amide bonds. The molecule has 2 aromatic heterocycles. The third-order valence-corrected chi connectivity index (χ3v) is 5.45. The molecule has 0 spiro atoms. The van der Waals surface area contributed by atoms with Crippen LogP contribution in [0.25, 0.3) is 22.2 Å². The van der Waals surface area contributed by atoms with E-state index < -0.39 is 17.8 Å². The number of H-pyrrole nitrogens is 1. The summed E-state index contributed by atoms with van der Waals surface area (Å²) in [4.78, 5) is 27.0. The van der Waals surface area contributed by atoms with Crippen molar-refractivity contribution in [1.82, 2.24) is 14.9 Å². The summed E-state index contributed by atoms with van der Waals surface area (Å²) in [6.07, 6.45) is 4.33. The maximum absolute atomic E-state index is 12.4. The van der Waals surface area contributed by atoms with Crippen LogP contribution in [-0.2, 0) is 24.7 Å². The first-order valence-electron chi connectivity index (χ1n) is 10.2. The van der Waals surface area contributed by atoms with Gasteiger partial charge in [0.1, 0.15) is 6.04 Å². The average molecular weight is 429 g/mol. The summed E-state index contributed by atoms with van der Waals surface area (Å²) in [6.45, 7) is 0. The number of amides is 1. The van der Waals surface area contributed by atoms with Crippen LogP contribution in [-0.4, -0.2) is 27.5 Å². The Hall–Kier alpha value is -4.09. The van der Waals surface area contributed by atoms with Crippen molar-refractivity contribution >= 4 is 17.0 Å². The number of oxazole rings is 1. The van der Waals surface area contributed by atoms with E-state index in [2.05, 4.69) is 16.4 Å². The van der Waals surface area contributed by atoms with Crippen LogP contribution >= 0.6 is 0 Å². The Morgan fingerprint density at radius 1 is 1.16 bits per heavy atom. The van der Waals surface area contributed by atoms with Gasteiger partial charge in [-0.15, -0.1) is 0 Å². The minimum absolute atomic E-state index is 0.353. The highest BCUT2D eigenvalue weighted by Crippen LogP contribution is 2.24. The number of nitrogens with one attached hydrogen (secondary N) is 2. The van der Waals surface area contributed by atoms with Crippen molar-refractivity contribution in [3.63, 3.8) is 0 Å². The fraction of sp³-hybridized carbons (Fsp3) is 0.208. The largest absolute Gasteiger partial charge is 0.419 e. The minimum Gasteiger partial charge on any atom is -0.408 e. The van der Waals surface area contributed by atoms with E-state index in [1.54, 1.807) is 25.5 Å². The Morgan fingerprint density at radius 2 is 1.91 bits per heavy atom. The van der Waals surface area contributed by atoms with Crippen molar-refractivity contribution in [2.75, 3.05) is 0 Å². The molecule has 0 saturated heterocycles. The van der Waals surface area contributed by atoms with Crippen LogP contribution in [0.5, 0.6) is 0 Å².